The van der Waals surface area contributed by atoms with Gasteiger partial charge < -0.3 is 9.47 Å². The summed E-state index contributed by atoms with van der Waals surface area (Å²) in [7, 11) is 1.41. The van der Waals surface area contributed by atoms with Crippen molar-refractivity contribution >= 4 is 5.97 Å². The maximum Gasteiger partial charge on any atom is 0.337 e. The number of hydroxylamine groups is 2. The molecule has 2 aliphatic heterocycles. The first-order valence-corrected chi connectivity index (χ1v) is 11.0. The van der Waals surface area contributed by atoms with Gasteiger partial charge in [0, 0.05) is 18.3 Å². The van der Waals surface area contributed by atoms with E-state index in [9.17, 15) is 4.79 Å². The number of ether oxygens (including phenoxy) is 2. The molecule has 0 amide bonds. The molecule has 5 rings (SSSR count). The Morgan fingerprint density at radius 1 is 1.10 bits per heavy atom. The summed E-state index contributed by atoms with van der Waals surface area (Å²) >= 11 is 0. The first-order valence-electron chi connectivity index (χ1n) is 11.0. The van der Waals surface area contributed by atoms with Crippen molar-refractivity contribution in [2.75, 3.05) is 7.11 Å². The summed E-state index contributed by atoms with van der Waals surface area (Å²) in [5, 5.41) is 1.59. The van der Waals surface area contributed by atoms with Crippen LogP contribution in [-0.2, 0) is 23.9 Å². The monoisotopic (exact) mass is 401 g/mol. The Morgan fingerprint density at radius 3 is 2.69 bits per heavy atom. The number of benzene rings is 1. The average Bonchev–Trinajstić information content (AvgIpc) is 3.24. The highest BCUT2D eigenvalue weighted by Crippen LogP contribution is 2.56. The Balaban J connectivity index is 1.32. The van der Waals surface area contributed by atoms with Crippen molar-refractivity contribution in [2.45, 2.75) is 81.8 Å². The van der Waals surface area contributed by atoms with Crippen LogP contribution in [0.1, 0.15) is 63.4 Å². The van der Waals surface area contributed by atoms with E-state index in [1.165, 1.54) is 25.5 Å². The van der Waals surface area contributed by atoms with Crippen LogP contribution in [0.5, 0.6) is 0 Å². The molecule has 0 spiro atoms. The molecule has 6 heteroatoms. The molecule has 0 bridgehead atoms. The number of methoxy groups -OCH3 is 1. The molecule has 7 atom stereocenters. The van der Waals surface area contributed by atoms with Crippen molar-refractivity contribution < 1.29 is 23.9 Å². The van der Waals surface area contributed by atoms with Crippen LogP contribution < -0.4 is 0 Å². The van der Waals surface area contributed by atoms with Gasteiger partial charge in [-0.1, -0.05) is 48.4 Å². The Labute approximate surface area is 172 Å². The predicted octanol–water partition coefficient (Wildman–Crippen LogP) is 3.96. The zero-order chi connectivity index (χ0) is 20.0. The Bertz CT molecular complexity index is 742. The minimum atomic E-state index is -0.583. The van der Waals surface area contributed by atoms with E-state index in [4.69, 9.17) is 19.1 Å². The number of esters is 1. The summed E-state index contributed by atoms with van der Waals surface area (Å²) in [5.74, 6) is 0.580. The van der Waals surface area contributed by atoms with Crippen molar-refractivity contribution in [3.8, 4) is 0 Å². The second-order valence-corrected chi connectivity index (χ2v) is 9.16. The SMILES string of the molecule is COC(=O)[C@H]1ON2OC(O[C@@H]3CCCC[C@H]3c3ccccc3)C[C@@H]3CC[C@H]1[C@@]32C. The molecule has 0 aromatic heterocycles. The molecule has 1 aromatic carbocycles. The molecule has 1 unspecified atom stereocenters. The van der Waals surface area contributed by atoms with Gasteiger partial charge >= 0.3 is 5.97 Å². The van der Waals surface area contributed by atoms with Crippen LogP contribution in [0.25, 0.3) is 0 Å². The lowest BCUT2D eigenvalue weighted by atomic mass is 9.78. The van der Waals surface area contributed by atoms with E-state index in [1.54, 1.807) is 5.23 Å². The number of carbonyl (C=O) groups excluding carboxylic acids is 1. The number of nitrogens with zero attached hydrogens (tertiary/aromatic N) is 1. The summed E-state index contributed by atoms with van der Waals surface area (Å²) in [6, 6.07) is 10.7. The third kappa shape index (κ3) is 3.21. The molecular weight excluding hydrogens is 370 g/mol. The molecule has 2 saturated carbocycles. The van der Waals surface area contributed by atoms with E-state index in [1.807, 2.05) is 0 Å². The molecule has 29 heavy (non-hydrogen) atoms. The molecule has 6 nitrogen and oxygen atoms in total. The molecule has 0 N–H and O–H groups in total. The molecule has 2 heterocycles. The van der Waals surface area contributed by atoms with Gasteiger partial charge in [-0.25, -0.2) is 9.63 Å². The third-order valence-corrected chi connectivity index (χ3v) is 7.75. The van der Waals surface area contributed by atoms with Crippen molar-refractivity contribution in [1.29, 1.82) is 0 Å². The summed E-state index contributed by atoms with van der Waals surface area (Å²) in [5.41, 5.74) is 1.06. The van der Waals surface area contributed by atoms with Gasteiger partial charge in [0.1, 0.15) is 0 Å². The Kier molecular flexibility index (Phi) is 5.14. The predicted molar refractivity (Wildman–Crippen MR) is 105 cm³/mol. The summed E-state index contributed by atoms with van der Waals surface area (Å²) in [4.78, 5) is 24.4. The van der Waals surface area contributed by atoms with E-state index in [0.717, 1.165) is 32.1 Å². The lowest BCUT2D eigenvalue weighted by Crippen LogP contribution is -2.55. The minimum absolute atomic E-state index is 0.104. The van der Waals surface area contributed by atoms with Crippen molar-refractivity contribution in [3.63, 3.8) is 0 Å². The van der Waals surface area contributed by atoms with Crippen LogP contribution in [0.3, 0.4) is 0 Å². The van der Waals surface area contributed by atoms with E-state index < -0.39 is 6.10 Å². The van der Waals surface area contributed by atoms with Crippen molar-refractivity contribution in [2.24, 2.45) is 11.8 Å². The summed E-state index contributed by atoms with van der Waals surface area (Å²) in [6.07, 6.45) is 6.71. The molecule has 2 aliphatic carbocycles. The van der Waals surface area contributed by atoms with E-state index in [2.05, 4.69) is 37.3 Å². The first-order chi connectivity index (χ1) is 14.1. The third-order valence-electron chi connectivity index (χ3n) is 7.75. The van der Waals surface area contributed by atoms with Gasteiger partial charge in [-0.15, -0.1) is 0 Å². The van der Waals surface area contributed by atoms with Gasteiger partial charge in [-0.2, -0.15) is 0 Å². The van der Waals surface area contributed by atoms with Gasteiger partial charge in [0.15, 0.2) is 12.4 Å². The van der Waals surface area contributed by atoms with Crippen LogP contribution in [-0.4, -0.2) is 42.3 Å². The van der Waals surface area contributed by atoms with Crippen molar-refractivity contribution in [1.82, 2.24) is 5.23 Å². The van der Waals surface area contributed by atoms with Gasteiger partial charge in [-0.05, 0) is 44.1 Å². The topological polar surface area (TPSA) is 57.2 Å². The number of hydrogen-bond donors (Lipinski definition) is 0. The highest BCUT2D eigenvalue weighted by atomic mass is 17.0. The zero-order valence-corrected chi connectivity index (χ0v) is 17.3. The second-order valence-electron chi connectivity index (χ2n) is 9.16. The van der Waals surface area contributed by atoms with Crippen LogP contribution in [0.4, 0.5) is 0 Å². The molecule has 1 aromatic rings. The fraction of sp³-hybridized carbons (Fsp3) is 0.696. The first kappa shape index (κ1) is 19.5. The minimum Gasteiger partial charge on any atom is -0.467 e. The highest BCUT2D eigenvalue weighted by Gasteiger charge is 2.65. The molecule has 0 radical (unpaired) electrons. The lowest BCUT2D eigenvalue weighted by Gasteiger charge is -2.45. The Hall–Kier alpha value is -1.47. The molecule has 4 aliphatic rings. The maximum atomic E-state index is 12.2. The molecular formula is C23H31NO5. The Morgan fingerprint density at radius 2 is 1.90 bits per heavy atom. The molecule has 2 saturated heterocycles. The van der Waals surface area contributed by atoms with E-state index in [-0.39, 0.29) is 29.8 Å². The second kappa shape index (κ2) is 7.65. The summed E-state index contributed by atoms with van der Waals surface area (Å²) < 4.78 is 11.5. The number of rotatable bonds is 4. The van der Waals surface area contributed by atoms with E-state index >= 15 is 0 Å². The van der Waals surface area contributed by atoms with Gasteiger partial charge in [0.05, 0.1) is 18.8 Å². The van der Waals surface area contributed by atoms with Crippen LogP contribution in [0.2, 0.25) is 0 Å². The number of hydrogen-bond acceptors (Lipinski definition) is 6. The van der Waals surface area contributed by atoms with Crippen LogP contribution in [0.15, 0.2) is 30.3 Å². The molecule has 4 fully saturated rings. The molecule has 158 valence electrons. The summed E-state index contributed by atoms with van der Waals surface area (Å²) in [6.45, 7) is 2.15. The normalized spacial score (nSPS) is 41.9. The fourth-order valence-electron chi connectivity index (χ4n) is 6.12. The van der Waals surface area contributed by atoms with Gasteiger partial charge in [-0.3, -0.25) is 4.84 Å². The van der Waals surface area contributed by atoms with Crippen LogP contribution >= 0.6 is 0 Å². The zero-order valence-electron chi connectivity index (χ0n) is 17.3. The fourth-order valence-corrected chi connectivity index (χ4v) is 6.12. The highest BCUT2D eigenvalue weighted by molar-refractivity contribution is 5.75. The lowest BCUT2D eigenvalue weighted by molar-refractivity contribution is -0.462. The average molecular weight is 402 g/mol. The van der Waals surface area contributed by atoms with Gasteiger partial charge in [0.25, 0.3) is 0 Å². The van der Waals surface area contributed by atoms with Crippen LogP contribution in [0, 0.1) is 11.8 Å². The maximum absolute atomic E-state index is 12.2. The van der Waals surface area contributed by atoms with E-state index in [0.29, 0.717) is 11.8 Å². The number of carbonyl (C=O) groups is 1. The van der Waals surface area contributed by atoms with Crippen molar-refractivity contribution in [3.05, 3.63) is 35.9 Å². The quantitative estimate of drug-likeness (QED) is 0.712. The smallest absolute Gasteiger partial charge is 0.337 e. The standard InChI is InChI=1S/C23H31NO5/c1-23-16-12-13-18(23)21(22(25)26-2)29-24(23)28-20(14-16)27-19-11-7-6-10-17(19)15-8-4-3-5-9-15/h3-5,8-9,16-21H,6-7,10-14H2,1-2H3/t16-,17-,18+,19+,20?,21-,23+/m0/s1. The largest absolute Gasteiger partial charge is 0.467 e. The van der Waals surface area contributed by atoms with Gasteiger partial charge in [0.2, 0.25) is 0 Å².